The van der Waals surface area contributed by atoms with E-state index in [9.17, 15) is 0 Å². The zero-order chi connectivity index (χ0) is 53.2. The van der Waals surface area contributed by atoms with Crippen LogP contribution >= 0.6 is 0 Å². The van der Waals surface area contributed by atoms with Crippen molar-refractivity contribution < 1.29 is 8.85 Å². The Kier molecular flexibility index (Phi) is 10.7. The van der Waals surface area contributed by atoms with Crippen molar-refractivity contribution in [3.05, 3.63) is 241 Å². The van der Waals surface area contributed by atoms with E-state index < -0.39 is 6.85 Å². The molecule has 0 saturated carbocycles. The number of aryl methyl sites for hydroxylation is 1. The molecule has 0 amide bonds. The second-order valence-corrected chi connectivity index (χ2v) is 21.5. The van der Waals surface area contributed by atoms with E-state index >= 15 is 0 Å². The molecule has 2 aromatic heterocycles. The number of fused-ring (bicyclic) bond motifs is 4. The molecule has 0 unspecified atom stereocenters. The van der Waals surface area contributed by atoms with Gasteiger partial charge >= 0.3 is 0 Å². The number of pyridine rings is 1. The fourth-order valence-electron chi connectivity index (χ4n) is 10.6. The fraction of sp³-hybridized carbons (Fsp3) is 0.145. The molecule has 0 N–H and O–H groups in total. The lowest BCUT2D eigenvalue weighted by atomic mass is 9.85. The Labute approximate surface area is 439 Å². The van der Waals surface area contributed by atoms with E-state index in [1.54, 1.807) is 12.3 Å². The minimum Gasteiger partial charge on any atom is -0.457 e. The van der Waals surface area contributed by atoms with Crippen molar-refractivity contribution in [3.63, 3.8) is 0 Å². The van der Waals surface area contributed by atoms with E-state index in [1.807, 2.05) is 54.6 Å². The smallest absolute Gasteiger partial charge is 0.137 e. The van der Waals surface area contributed by atoms with E-state index in [0.717, 1.165) is 77.9 Å². The number of para-hydroxylation sites is 4. The van der Waals surface area contributed by atoms with Gasteiger partial charge in [0.25, 0.3) is 0 Å². The van der Waals surface area contributed by atoms with Crippen molar-refractivity contribution in [2.45, 2.75) is 59.2 Å². The van der Waals surface area contributed by atoms with Crippen LogP contribution in [0.2, 0.25) is 0 Å². The Hall–Kier alpha value is -8.67. The third-order valence-electron chi connectivity index (χ3n) is 14.5. The minimum atomic E-state index is -2.38. The maximum atomic E-state index is 8.62. The van der Waals surface area contributed by atoms with E-state index in [0.29, 0.717) is 29.5 Å². The summed E-state index contributed by atoms with van der Waals surface area (Å²) in [4.78, 5) is 9.86. The summed E-state index contributed by atoms with van der Waals surface area (Å²) in [7, 11) is 0. The topological polar surface area (TPSA) is 33.5 Å². The molecule has 5 heteroatoms. The molecule has 0 radical (unpaired) electrons. The van der Waals surface area contributed by atoms with Crippen LogP contribution in [0.5, 0.6) is 11.5 Å². The average molecular weight is 964 g/mol. The van der Waals surface area contributed by atoms with Crippen LogP contribution in [0.4, 0.5) is 22.7 Å². The number of ether oxygens (including phenoxy) is 1. The number of nitrogens with zero attached hydrogens (tertiary/aromatic N) is 4. The molecular formula is C69H60N4O. The molecule has 0 fully saturated rings. The first-order valence-corrected chi connectivity index (χ1v) is 25.5. The zero-order valence-corrected chi connectivity index (χ0v) is 42.8. The van der Waals surface area contributed by atoms with Gasteiger partial charge in [0.1, 0.15) is 24.0 Å². The van der Waals surface area contributed by atoms with Crippen LogP contribution in [-0.2, 0) is 10.8 Å². The van der Waals surface area contributed by atoms with Crippen molar-refractivity contribution in [2.24, 2.45) is 0 Å². The second-order valence-electron chi connectivity index (χ2n) is 21.5. The van der Waals surface area contributed by atoms with E-state index in [1.165, 1.54) is 16.7 Å². The summed E-state index contributed by atoms with van der Waals surface area (Å²) >= 11 is 0. The van der Waals surface area contributed by atoms with Gasteiger partial charge < -0.3 is 14.5 Å². The molecule has 1 aliphatic heterocycles. The van der Waals surface area contributed by atoms with Crippen LogP contribution in [-0.4, -0.2) is 16.2 Å². The van der Waals surface area contributed by atoms with Gasteiger partial charge in [0.2, 0.25) is 0 Å². The molecule has 0 bridgehead atoms. The first-order chi connectivity index (χ1) is 37.1. The Morgan fingerprint density at radius 3 is 1.78 bits per heavy atom. The van der Waals surface area contributed by atoms with Gasteiger partial charge in [0, 0.05) is 55.6 Å². The highest BCUT2D eigenvalue weighted by Gasteiger charge is 2.33. The number of benzene rings is 9. The second kappa shape index (κ2) is 18.4. The SMILES string of the molecule is [2H]C([2H])([2H])c1cc(-n2c3ccccc3c3ccc(Oc4cc(N5CN(c6c(-c7ccc(C(C)(C)C)cc7)cccc6-c6cccc(-c7ccccc7)c6)c6ccccc65)cc(C(C)(C)C)c4)cc32)ncc1-c1ccccc1. The summed E-state index contributed by atoms with van der Waals surface area (Å²) < 4.78 is 35.0. The molecule has 74 heavy (non-hydrogen) atoms. The highest BCUT2D eigenvalue weighted by molar-refractivity contribution is 6.09. The minimum absolute atomic E-state index is 0.0209. The fourth-order valence-corrected chi connectivity index (χ4v) is 10.6. The van der Waals surface area contributed by atoms with Crippen molar-refractivity contribution in [1.82, 2.24) is 9.55 Å². The number of hydrogen-bond donors (Lipinski definition) is 0. The molecule has 9 aromatic carbocycles. The third kappa shape index (κ3) is 8.58. The van der Waals surface area contributed by atoms with Crippen LogP contribution in [0.15, 0.2) is 225 Å². The molecule has 11 aromatic rings. The van der Waals surface area contributed by atoms with Gasteiger partial charge in [0.05, 0.1) is 28.1 Å². The normalized spacial score (nSPS) is 13.5. The number of aromatic nitrogens is 2. The van der Waals surface area contributed by atoms with Crippen LogP contribution in [0, 0.1) is 6.85 Å². The standard InChI is InChI=1S/C69H60N4O/c1-46-38-66(70-44-61(46)48-22-12-9-13-23-48)73-62-29-15-14-26-59(62)60-37-36-55(43-65(60)73)74-56-41-53(69(5,6)7)40-54(42-56)71-45-72(64-31-17-16-30-63(64)71)67-57(49-32-34-52(35-33-49)68(2,3)4)27-19-28-58(67)51-25-18-24-50(39-51)47-20-10-8-11-21-47/h8-44H,45H2,1-7H3/i1D3. The van der Waals surface area contributed by atoms with Crippen molar-refractivity contribution >= 4 is 44.6 Å². The van der Waals surface area contributed by atoms with Crippen LogP contribution in [0.1, 0.15) is 62.3 Å². The number of hydrogen-bond acceptors (Lipinski definition) is 4. The summed E-state index contributed by atoms with van der Waals surface area (Å²) in [6, 6.07) is 76.4. The molecule has 362 valence electrons. The molecule has 5 nitrogen and oxygen atoms in total. The number of anilines is 4. The first kappa shape index (κ1) is 43.0. The monoisotopic (exact) mass is 963 g/mol. The highest BCUT2D eigenvalue weighted by atomic mass is 16.5. The predicted molar refractivity (Wildman–Crippen MR) is 311 cm³/mol. The molecule has 0 atom stereocenters. The lowest BCUT2D eigenvalue weighted by molar-refractivity contribution is 0.479. The lowest BCUT2D eigenvalue weighted by Crippen LogP contribution is -2.25. The summed E-state index contributed by atoms with van der Waals surface area (Å²) in [5.74, 6) is 1.87. The Morgan fingerprint density at radius 2 is 1.05 bits per heavy atom. The van der Waals surface area contributed by atoms with Gasteiger partial charge in [0.15, 0.2) is 0 Å². The van der Waals surface area contributed by atoms with Gasteiger partial charge in [-0.15, -0.1) is 0 Å². The van der Waals surface area contributed by atoms with Crippen LogP contribution in [0.25, 0.3) is 72.1 Å². The quantitative estimate of drug-likeness (QED) is 0.144. The zero-order valence-electron chi connectivity index (χ0n) is 45.8. The maximum absolute atomic E-state index is 8.62. The summed E-state index contributed by atoms with van der Waals surface area (Å²) in [6.07, 6.45) is 1.69. The largest absolute Gasteiger partial charge is 0.457 e. The maximum Gasteiger partial charge on any atom is 0.137 e. The van der Waals surface area contributed by atoms with E-state index in [-0.39, 0.29) is 16.4 Å². The van der Waals surface area contributed by atoms with E-state index in [4.69, 9.17) is 13.8 Å². The highest BCUT2D eigenvalue weighted by Crippen LogP contribution is 2.51. The van der Waals surface area contributed by atoms with Crippen molar-refractivity contribution in [2.75, 3.05) is 16.5 Å². The Bertz CT molecular complexity index is 4000. The molecule has 1 aliphatic rings. The third-order valence-corrected chi connectivity index (χ3v) is 14.5. The predicted octanol–water partition coefficient (Wildman–Crippen LogP) is 18.8. The van der Waals surface area contributed by atoms with Gasteiger partial charge in [-0.25, -0.2) is 4.98 Å². The summed E-state index contributed by atoms with van der Waals surface area (Å²) in [5.41, 5.74) is 16.9. The van der Waals surface area contributed by atoms with Crippen LogP contribution < -0.4 is 14.5 Å². The average Bonchev–Trinajstić information content (AvgIpc) is 4.02. The first-order valence-electron chi connectivity index (χ1n) is 27.0. The molecule has 12 rings (SSSR count). The van der Waals surface area contributed by atoms with Crippen molar-refractivity contribution in [3.8, 4) is 61.8 Å². The van der Waals surface area contributed by atoms with Crippen molar-refractivity contribution in [1.29, 1.82) is 0 Å². The van der Waals surface area contributed by atoms with Crippen LogP contribution in [0.3, 0.4) is 0 Å². The summed E-state index contributed by atoms with van der Waals surface area (Å²) in [5, 5.41) is 2.04. The van der Waals surface area contributed by atoms with Gasteiger partial charge in [-0.05, 0) is 117 Å². The number of rotatable bonds is 9. The summed E-state index contributed by atoms with van der Waals surface area (Å²) in [6.45, 7) is 11.7. The molecule has 0 saturated heterocycles. The van der Waals surface area contributed by atoms with E-state index in [2.05, 4.69) is 214 Å². The molecule has 0 spiro atoms. The molecular weight excluding hydrogens is 901 g/mol. The molecule has 0 aliphatic carbocycles. The van der Waals surface area contributed by atoms with Gasteiger partial charge in [-0.3, -0.25) is 4.57 Å². The lowest BCUT2D eigenvalue weighted by Gasteiger charge is -2.28. The molecule has 3 heterocycles. The van der Waals surface area contributed by atoms with Gasteiger partial charge in [-0.1, -0.05) is 193 Å². The Morgan fingerprint density at radius 1 is 0.446 bits per heavy atom. The Balaban J connectivity index is 0.967. The van der Waals surface area contributed by atoms with Gasteiger partial charge in [-0.2, -0.15) is 0 Å².